The second kappa shape index (κ2) is 7.31. The normalized spacial score (nSPS) is 11.2. The largest absolute Gasteiger partial charge is 0.493 e. The number of aryl methyl sites for hydroxylation is 1. The van der Waals surface area contributed by atoms with Crippen LogP contribution in [0.15, 0.2) is 58.8 Å². The Kier molecular flexibility index (Phi) is 4.95. The van der Waals surface area contributed by atoms with E-state index in [1.54, 1.807) is 4.57 Å². The van der Waals surface area contributed by atoms with Crippen molar-refractivity contribution in [1.29, 1.82) is 0 Å². The molecule has 25 heavy (non-hydrogen) atoms. The molecule has 0 fully saturated rings. The number of nitrogens with zero attached hydrogens (tertiary/aromatic N) is 3. The smallest absolute Gasteiger partial charge is 0.220 e. The van der Waals surface area contributed by atoms with E-state index in [9.17, 15) is 5.11 Å². The highest BCUT2D eigenvalue weighted by Crippen LogP contribution is 2.38. The highest BCUT2D eigenvalue weighted by Gasteiger charge is 2.16. The third-order valence-corrected chi connectivity index (χ3v) is 3.85. The van der Waals surface area contributed by atoms with E-state index in [0.29, 0.717) is 18.8 Å². The van der Waals surface area contributed by atoms with Gasteiger partial charge in [-0.05, 0) is 37.3 Å². The van der Waals surface area contributed by atoms with Gasteiger partial charge in [0.05, 0.1) is 12.1 Å². The molecular formula is C18H18N4O2S. The second-order valence-electron chi connectivity index (χ2n) is 5.54. The number of aromatic nitrogens is 1. The molecule has 0 aliphatic rings. The third-order valence-electron chi connectivity index (χ3n) is 3.77. The number of benzene rings is 2. The fourth-order valence-electron chi connectivity index (χ4n) is 2.59. The maximum atomic E-state index is 10.5. The van der Waals surface area contributed by atoms with Crippen LogP contribution in [0.5, 0.6) is 11.6 Å². The van der Waals surface area contributed by atoms with Crippen molar-refractivity contribution in [3.63, 3.8) is 0 Å². The van der Waals surface area contributed by atoms with Crippen LogP contribution in [0.2, 0.25) is 0 Å². The molecule has 0 atom stereocenters. The molecule has 0 saturated carbocycles. The average molecular weight is 354 g/mol. The Morgan fingerprint density at radius 2 is 1.92 bits per heavy atom. The summed E-state index contributed by atoms with van der Waals surface area (Å²) in [6, 6.07) is 15.4. The van der Waals surface area contributed by atoms with Crippen molar-refractivity contribution in [2.24, 2.45) is 16.0 Å². The molecule has 0 radical (unpaired) electrons. The zero-order valence-electron chi connectivity index (χ0n) is 13.7. The van der Waals surface area contributed by atoms with Crippen LogP contribution in [0.4, 0.5) is 5.69 Å². The van der Waals surface area contributed by atoms with Gasteiger partial charge in [0.15, 0.2) is 5.69 Å². The molecule has 0 unspecified atom stereocenters. The van der Waals surface area contributed by atoms with E-state index in [4.69, 9.17) is 22.7 Å². The first kappa shape index (κ1) is 16.9. The van der Waals surface area contributed by atoms with Gasteiger partial charge in [-0.2, -0.15) is 0 Å². The number of para-hydroxylation sites is 1. The molecule has 3 N–H and O–H groups in total. The molecule has 0 aliphatic carbocycles. The molecule has 0 aliphatic heterocycles. The minimum Gasteiger partial charge on any atom is -0.493 e. The fraction of sp³-hybridized carbons (Fsp3) is 0.167. The van der Waals surface area contributed by atoms with Gasteiger partial charge >= 0.3 is 0 Å². The molecule has 7 heteroatoms. The molecule has 0 spiro atoms. The Balaban J connectivity index is 1.84. The van der Waals surface area contributed by atoms with E-state index in [0.717, 1.165) is 16.7 Å². The topological polar surface area (TPSA) is 85.1 Å². The molecule has 3 rings (SSSR count). The van der Waals surface area contributed by atoms with Crippen molar-refractivity contribution >= 4 is 33.9 Å². The summed E-state index contributed by atoms with van der Waals surface area (Å²) in [7, 11) is 0. The number of azo groups is 1. The molecule has 3 aromatic rings. The summed E-state index contributed by atoms with van der Waals surface area (Å²) >= 11 is 4.71. The van der Waals surface area contributed by atoms with Crippen molar-refractivity contribution < 1.29 is 9.84 Å². The average Bonchev–Trinajstić information content (AvgIpc) is 2.86. The van der Waals surface area contributed by atoms with Gasteiger partial charge in [0.25, 0.3) is 0 Å². The number of nitrogens with two attached hydrogens (primary N) is 1. The van der Waals surface area contributed by atoms with Gasteiger partial charge in [-0.15, -0.1) is 10.2 Å². The first-order chi connectivity index (χ1) is 12.1. The molecule has 6 nitrogen and oxygen atoms in total. The quantitative estimate of drug-likeness (QED) is 0.534. The van der Waals surface area contributed by atoms with Crippen LogP contribution >= 0.6 is 12.2 Å². The molecule has 128 valence electrons. The number of aromatic hydroxyl groups is 1. The zero-order valence-corrected chi connectivity index (χ0v) is 14.5. The van der Waals surface area contributed by atoms with Crippen molar-refractivity contribution in [3.8, 4) is 11.6 Å². The molecule has 2 aromatic carbocycles. The number of hydrogen-bond acceptors (Lipinski definition) is 4. The maximum Gasteiger partial charge on any atom is 0.220 e. The van der Waals surface area contributed by atoms with E-state index in [1.165, 1.54) is 5.56 Å². The number of ether oxygens (including phenoxy) is 1. The second-order valence-corrected chi connectivity index (χ2v) is 5.96. The first-order valence-corrected chi connectivity index (χ1v) is 8.18. The lowest BCUT2D eigenvalue weighted by molar-refractivity contribution is 0.290. The van der Waals surface area contributed by atoms with Crippen LogP contribution in [-0.4, -0.2) is 21.4 Å². The SMILES string of the molecule is Cc1ccc(OCCn2c(O)c(N=NC(N)=S)c3ccccc32)cc1. The van der Waals surface area contributed by atoms with Gasteiger partial charge in [-0.1, -0.05) is 35.9 Å². The van der Waals surface area contributed by atoms with Crippen molar-refractivity contribution in [1.82, 2.24) is 4.57 Å². The van der Waals surface area contributed by atoms with Crippen LogP contribution in [0.1, 0.15) is 5.56 Å². The standard InChI is InChI=1S/C18H18N4O2S/c1-12-6-8-13(9-7-12)24-11-10-22-15-5-3-2-4-14(15)16(17(22)23)20-21-18(19)25/h2-9,23H,10-11H2,1H3,(H2,19,25). The summed E-state index contributed by atoms with van der Waals surface area (Å²) in [5, 5.41) is 18.9. The van der Waals surface area contributed by atoms with Crippen LogP contribution in [-0.2, 0) is 6.54 Å². The van der Waals surface area contributed by atoms with E-state index in [2.05, 4.69) is 10.2 Å². The van der Waals surface area contributed by atoms with Crippen molar-refractivity contribution in [2.75, 3.05) is 6.61 Å². The zero-order chi connectivity index (χ0) is 17.8. The Bertz CT molecular complexity index is 932. The molecule has 0 amide bonds. The van der Waals surface area contributed by atoms with Crippen molar-refractivity contribution in [3.05, 3.63) is 54.1 Å². The summed E-state index contributed by atoms with van der Waals surface area (Å²) in [5.74, 6) is 0.795. The third kappa shape index (κ3) is 3.77. The Morgan fingerprint density at radius 1 is 1.20 bits per heavy atom. The van der Waals surface area contributed by atoms with E-state index in [-0.39, 0.29) is 11.0 Å². The van der Waals surface area contributed by atoms with Crippen molar-refractivity contribution in [2.45, 2.75) is 13.5 Å². The van der Waals surface area contributed by atoms with Gasteiger partial charge in [-0.3, -0.25) is 0 Å². The fourth-order valence-corrected chi connectivity index (χ4v) is 2.63. The van der Waals surface area contributed by atoms with E-state index < -0.39 is 0 Å². The first-order valence-electron chi connectivity index (χ1n) is 7.77. The molecule has 1 heterocycles. The highest BCUT2D eigenvalue weighted by atomic mass is 32.1. The molecule has 0 bridgehead atoms. The Hall–Kier alpha value is -2.93. The number of thiocarbonyl (C=S) groups is 1. The number of fused-ring (bicyclic) bond motifs is 1. The van der Waals surface area contributed by atoms with E-state index >= 15 is 0 Å². The summed E-state index contributed by atoms with van der Waals surface area (Å²) in [4.78, 5) is 0. The monoisotopic (exact) mass is 354 g/mol. The van der Waals surface area contributed by atoms with Gasteiger partial charge in [0.1, 0.15) is 12.4 Å². The predicted molar refractivity (Wildman–Crippen MR) is 102 cm³/mol. The van der Waals surface area contributed by atoms with Gasteiger partial charge < -0.3 is 20.1 Å². The Morgan fingerprint density at radius 3 is 2.64 bits per heavy atom. The minimum atomic E-state index is -0.0843. The predicted octanol–water partition coefficient (Wildman–Crippen LogP) is 4.06. The maximum absolute atomic E-state index is 10.5. The molecule has 0 saturated heterocycles. The van der Waals surface area contributed by atoms with Crippen LogP contribution in [0.25, 0.3) is 10.9 Å². The summed E-state index contributed by atoms with van der Waals surface area (Å²) in [6.07, 6.45) is 0. The van der Waals surface area contributed by atoms with Crippen LogP contribution in [0.3, 0.4) is 0 Å². The van der Waals surface area contributed by atoms with Crippen LogP contribution in [0, 0.1) is 6.92 Å². The van der Waals surface area contributed by atoms with Gasteiger partial charge in [-0.25, -0.2) is 0 Å². The van der Waals surface area contributed by atoms with Gasteiger partial charge in [0, 0.05) is 5.39 Å². The van der Waals surface area contributed by atoms with Crippen LogP contribution < -0.4 is 10.5 Å². The molecular weight excluding hydrogens is 336 g/mol. The lowest BCUT2D eigenvalue weighted by atomic mass is 10.2. The minimum absolute atomic E-state index is 0.00806. The number of rotatable bonds is 5. The summed E-state index contributed by atoms with van der Waals surface area (Å²) in [5.41, 5.74) is 7.72. The molecule has 1 aromatic heterocycles. The lowest BCUT2D eigenvalue weighted by Gasteiger charge is -2.09. The van der Waals surface area contributed by atoms with E-state index in [1.807, 2.05) is 55.5 Å². The number of hydrogen-bond donors (Lipinski definition) is 2. The Labute approximate surface area is 150 Å². The van der Waals surface area contributed by atoms with Gasteiger partial charge in [0.2, 0.25) is 11.0 Å². The highest BCUT2D eigenvalue weighted by molar-refractivity contribution is 7.80. The lowest BCUT2D eigenvalue weighted by Crippen LogP contribution is -2.07. The summed E-state index contributed by atoms with van der Waals surface area (Å²) in [6.45, 7) is 2.89. The summed E-state index contributed by atoms with van der Waals surface area (Å²) < 4.78 is 7.48.